The zero-order valence-corrected chi connectivity index (χ0v) is 11.4. The summed E-state index contributed by atoms with van der Waals surface area (Å²) in [7, 11) is 1.60. The van der Waals surface area contributed by atoms with Crippen LogP contribution in [-0.2, 0) is 14.3 Å². The molecule has 0 saturated heterocycles. The number of amidine groups is 1. The van der Waals surface area contributed by atoms with E-state index in [4.69, 9.17) is 20.4 Å². The van der Waals surface area contributed by atoms with E-state index in [0.717, 1.165) is 12.8 Å². The molecule has 0 heterocycles. The summed E-state index contributed by atoms with van der Waals surface area (Å²) in [5, 5.41) is 14.6. The predicted octanol–water partition coefficient (Wildman–Crippen LogP) is 0.0724. The van der Waals surface area contributed by atoms with Crippen molar-refractivity contribution in [2.24, 2.45) is 16.3 Å². The first-order chi connectivity index (χ1) is 9.17. The number of hydrogen-bond acceptors (Lipinski definition) is 5. The van der Waals surface area contributed by atoms with Crippen LogP contribution in [0.3, 0.4) is 0 Å². The number of nitrogens with two attached hydrogens (primary N) is 1. The Morgan fingerprint density at radius 2 is 2.05 bits per heavy atom. The van der Waals surface area contributed by atoms with Crippen LogP contribution in [0, 0.1) is 5.41 Å². The van der Waals surface area contributed by atoms with Crippen molar-refractivity contribution in [3.8, 4) is 0 Å². The molecular weight excluding hydrogens is 250 g/mol. The van der Waals surface area contributed by atoms with Crippen LogP contribution in [0.15, 0.2) is 5.16 Å². The minimum absolute atomic E-state index is 0.00259. The van der Waals surface area contributed by atoms with Gasteiger partial charge in [0, 0.05) is 13.7 Å². The van der Waals surface area contributed by atoms with Gasteiger partial charge in [0.2, 0.25) is 5.91 Å². The molecule has 7 nitrogen and oxygen atoms in total. The quantitative estimate of drug-likeness (QED) is 0.191. The van der Waals surface area contributed by atoms with Crippen molar-refractivity contribution in [2.45, 2.75) is 25.7 Å². The second-order valence-electron chi connectivity index (χ2n) is 4.64. The smallest absolute Gasteiger partial charge is 0.234 e. The average Bonchev–Trinajstić information content (AvgIpc) is 2.92. The van der Waals surface area contributed by atoms with Gasteiger partial charge in [-0.3, -0.25) is 4.79 Å². The fourth-order valence-corrected chi connectivity index (χ4v) is 2.32. The second kappa shape index (κ2) is 7.96. The van der Waals surface area contributed by atoms with Gasteiger partial charge in [-0.15, -0.1) is 0 Å². The largest absolute Gasteiger partial charge is 0.409 e. The summed E-state index contributed by atoms with van der Waals surface area (Å²) in [5.41, 5.74) is 4.83. The molecule has 0 unspecified atom stereocenters. The van der Waals surface area contributed by atoms with Gasteiger partial charge < -0.3 is 25.7 Å². The molecule has 1 amide bonds. The van der Waals surface area contributed by atoms with Gasteiger partial charge in [0.05, 0.1) is 19.8 Å². The fourth-order valence-electron chi connectivity index (χ4n) is 2.32. The number of methoxy groups -OCH3 is 1. The van der Waals surface area contributed by atoms with Crippen molar-refractivity contribution in [2.75, 3.05) is 33.5 Å². The van der Waals surface area contributed by atoms with Crippen molar-refractivity contribution in [3.63, 3.8) is 0 Å². The molecule has 1 fully saturated rings. The van der Waals surface area contributed by atoms with Crippen molar-refractivity contribution in [1.29, 1.82) is 0 Å². The molecule has 110 valence electrons. The molecule has 1 aliphatic carbocycles. The van der Waals surface area contributed by atoms with Crippen LogP contribution in [0.2, 0.25) is 0 Å². The Labute approximate surface area is 113 Å². The number of oxime groups is 1. The highest BCUT2D eigenvalue weighted by Gasteiger charge is 2.45. The SMILES string of the molecule is COCCOCCNC(=O)C1(C(N)=NO)CCCC1. The topological polar surface area (TPSA) is 106 Å². The summed E-state index contributed by atoms with van der Waals surface area (Å²) >= 11 is 0. The van der Waals surface area contributed by atoms with E-state index in [-0.39, 0.29) is 11.7 Å². The Morgan fingerprint density at radius 3 is 2.63 bits per heavy atom. The molecule has 7 heteroatoms. The van der Waals surface area contributed by atoms with Gasteiger partial charge >= 0.3 is 0 Å². The van der Waals surface area contributed by atoms with E-state index in [0.29, 0.717) is 39.2 Å². The first-order valence-electron chi connectivity index (χ1n) is 6.50. The number of amides is 1. The molecule has 4 N–H and O–H groups in total. The Hall–Kier alpha value is -1.34. The van der Waals surface area contributed by atoms with Crippen molar-refractivity contribution < 1.29 is 19.5 Å². The number of hydrogen-bond donors (Lipinski definition) is 3. The summed E-state index contributed by atoms with van der Waals surface area (Å²) in [6.07, 6.45) is 3.07. The first kappa shape index (κ1) is 15.7. The Balaban J connectivity index is 2.38. The lowest BCUT2D eigenvalue weighted by Gasteiger charge is -2.25. The zero-order valence-electron chi connectivity index (χ0n) is 11.4. The third-order valence-corrected chi connectivity index (χ3v) is 3.45. The van der Waals surface area contributed by atoms with Gasteiger partial charge in [-0.1, -0.05) is 18.0 Å². The summed E-state index contributed by atoms with van der Waals surface area (Å²) in [5.74, 6) is -0.182. The molecule has 1 saturated carbocycles. The number of rotatable bonds is 8. The fraction of sp³-hybridized carbons (Fsp3) is 0.833. The van der Waals surface area contributed by atoms with Crippen LogP contribution in [-0.4, -0.2) is 50.4 Å². The van der Waals surface area contributed by atoms with Gasteiger partial charge in [0.15, 0.2) is 5.84 Å². The molecule has 0 aliphatic heterocycles. The highest BCUT2D eigenvalue weighted by Crippen LogP contribution is 2.38. The molecule has 0 aromatic rings. The monoisotopic (exact) mass is 273 g/mol. The van der Waals surface area contributed by atoms with Crippen LogP contribution in [0.5, 0.6) is 0 Å². The third-order valence-electron chi connectivity index (χ3n) is 3.45. The van der Waals surface area contributed by atoms with E-state index in [1.165, 1.54) is 0 Å². The minimum atomic E-state index is -0.846. The molecule has 1 aliphatic rings. The lowest BCUT2D eigenvalue weighted by atomic mass is 9.84. The predicted molar refractivity (Wildman–Crippen MR) is 70.0 cm³/mol. The van der Waals surface area contributed by atoms with E-state index in [1.807, 2.05) is 0 Å². The number of nitrogens with zero attached hydrogens (tertiary/aromatic N) is 1. The van der Waals surface area contributed by atoms with Crippen molar-refractivity contribution in [1.82, 2.24) is 5.32 Å². The molecule has 1 rings (SSSR count). The molecule has 0 aromatic heterocycles. The highest BCUT2D eigenvalue weighted by molar-refractivity contribution is 6.07. The van der Waals surface area contributed by atoms with Crippen molar-refractivity contribution in [3.05, 3.63) is 0 Å². The lowest BCUT2D eigenvalue weighted by molar-refractivity contribution is -0.127. The highest BCUT2D eigenvalue weighted by atomic mass is 16.5. The van der Waals surface area contributed by atoms with E-state index in [9.17, 15) is 4.79 Å². The summed E-state index contributed by atoms with van der Waals surface area (Å²) in [6, 6.07) is 0. The standard InChI is InChI=1S/C12H23N3O4/c1-18-8-9-19-7-6-14-11(16)12(10(13)15-17)4-2-3-5-12/h17H,2-9H2,1H3,(H2,13,15)(H,14,16). The molecule has 0 radical (unpaired) electrons. The molecule has 0 atom stereocenters. The van der Waals surface area contributed by atoms with Gasteiger partial charge in [-0.05, 0) is 12.8 Å². The number of carbonyl (C=O) groups excluding carboxylic acids is 1. The Kier molecular flexibility index (Phi) is 6.58. The third kappa shape index (κ3) is 4.07. The van der Waals surface area contributed by atoms with Crippen LogP contribution < -0.4 is 11.1 Å². The van der Waals surface area contributed by atoms with E-state index in [1.54, 1.807) is 7.11 Å². The van der Waals surface area contributed by atoms with Gasteiger partial charge in [-0.2, -0.15) is 0 Å². The first-order valence-corrected chi connectivity index (χ1v) is 6.50. The molecular formula is C12H23N3O4. The maximum Gasteiger partial charge on any atom is 0.234 e. The van der Waals surface area contributed by atoms with Gasteiger partial charge in [0.25, 0.3) is 0 Å². The minimum Gasteiger partial charge on any atom is -0.409 e. The number of nitrogens with one attached hydrogen (secondary N) is 1. The van der Waals surface area contributed by atoms with Crippen LogP contribution >= 0.6 is 0 Å². The number of ether oxygens (including phenoxy) is 2. The van der Waals surface area contributed by atoms with Crippen LogP contribution in [0.4, 0.5) is 0 Å². The maximum absolute atomic E-state index is 12.2. The lowest BCUT2D eigenvalue weighted by Crippen LogP contribution is -2.48. The van der Waals surface area contributed by atoms with Crippen molar-refractivity contribution >= 4 is 11.7 Å². The molecule has 19 heavy (non-hydrogen) atoms. The molecule has 0 aromatic carbocycles. The normalized spacial score (nSPS) is 18.5. The summed E-state index contributed by atoms with van der Waals surface area (Å²) < 4.78 is 10.1. The zero-order chi connectivity index (χ0) is 14.1. The van der Waals surface area contributed by atoms with Crippen LogP contribution in [0.25, 0.3) is 0 Å². The van der Waals surface area contributed by atoms with Gasteiger partial charge in [-0.25, -0.2) is 0 Å². The van der Waals surface area contributed by atoms with E-state index < -0.39 is 5.41 Å². The maximum atomic E-state index is 12.2. The van der Waals surface area contributed by atoms with E-state index >= 15 is 0 Å². The van der Waals surface area contributed by atoms with Gasteiger partial charge in [0.1, 0.15) is 5.41 Å². The molecule has 0 bridgehead atoms. The summed E-state index contributed by atoms with van der Waals surface area (Å²) in [6.45, 7) is 1.85. The van der Waals surface area contributed by atoms with E-state index in [2.05, 4.69) is 10.5 Å². The Morgan fingerprint density at radius 1 is 1.37 bits per heavy atom. The Bertz CT molecular complexity index is 314. The second-order valence-corrected chi connectivity index (χ2v) is 4.64. The van der Waals surface area contributed by atoms with Crippen LogP contribution in [0.1, 0.15) is 25.7 Å². The summed E-state index contributed by atoms with van der Waals surface area (Å²) in [4.78, 5) is 12.2. The average molecular weight is 273 g/mol. The number of carbonyl (C=O) groups is 1. The molecule has 0 spiro atoms.